The maximum atomic E-state index is 13.2. The topological polar surface area (TPSA) is 84.1 Å². The van der Waals surface area contributed by atoms with Crippen LogP contribution in [0, 0.1) is 17.8 Å². The molecule has 2 N–H and O–H groups in total. The van der Waals surface area contributed by atoms with Crippen molar-refractivity contribution < 1.29 is 9.53 Å². The fraction of sp³-hybridized carbons (Fsp3) is 0.292. The number of methoxy groups -OCH3 is 1. The predicted molar refractivity (Wildman–Crippen MR) is 114 cm³/mol. The van der Waals surface area contributed by atoms with E-state index in [1.807, 2.05) is 42.5 Å². The lowest BCUT2D eigenvalue weighted by atomic mass is 9.81. The molecule has 2 aliphatic rings. The fourth-order valence-corrected chi connectivity index (χ4v) is 4.90. The monoisotopic (exact) mass is 401 g/mol. The number of benzene rings is 2. The third-order valence-corrected chi connectivity index (χ3v) is 6.31. The van der Waals surface area contributed by atoms with Gasteiger partial charge in [-0.05, 0) is 48.1 Å². The van der Waals surface area contributed by atoms with Crippen LogP contribution in [0.2, 0.25) is 0 Å². The van der Waals surface area contributed by atoms with Crippen molar-refractivity contribution in [3.63, 3.8) is 0 Å². The van der Waals surface area contributed by atoms with Crippen LogP contribution in [0.15, 0.2) is 65.5 Å². The second-order valence-electron chi connectivity index (χ2n) is 8.04. The number of nitrogens with one attached hydrogen (secondary N) is 2. The number of amides is 1. The van der Waals surface area contributed by atoms with Crippen LogP contribution in [0.3, 0.4) is 0 Å². The summed E-state index contributed by atoms with van der Waals surface area (Å²) in [6, 6.07) is 15.0. The van der Waals surface area contributed by atoms with Crippen LogP contribution in [0.1, 0.15) is 23.7 Å². The highest BCUT2D eigenvalue weighted by molar-refractivity contribution is 5.82. The average Bonchev–Trinajstić information content (AvgIpc) is 3.39. The van der Waals surface area contributed by atoms with E-state index in [1.54, 1.807) is 13.2 Å². The molecule has 4 unspecified atom stereocenters. The van der Waals surface area contributed by atoms with Crippen molar-refractivity contribution in [3.8, 4) is 5.75 Å². The van der Waals surface area contributed by atoms with Gasteiger partial charge in [-0.2, -0.15) is 0 Å². The Balaban J connectivity index is 1.42. The number of para-hydroxylation sites is 1. The van der Waals surface area contributed by atoms with Crippen molar-refractivity contribution in [1.82, 2.24) is 15.3 Å². The molecule has 0 aliphatic heterocycles. The van der Waals surface area contributed by atoms with E-state index in [-0.39, 0.29) is 35.1 Å². The largest absolute Gasteiger partial charge is 0.497 e. The number of H-pyrrole nitrogens is 1. The molecule has 1 saturated carbocycles. The van der Waals surface area contributed by atoms with E-state index in [1.165, 1.54) is 0 Å². The maximum Gasteiger partial charge on any atom is 0.258 e. The molecule has 1 aromatic heterocycles. The second kappa shape index (κ2) is 7.44. The smallest absolute Gasteiger partial charge is 0.258 e. The van der Waals surface area contributed by atoms with Gasteiger partial charge in [0.2, 0.25) is 5.91 Å². The van der Waals surface area contributed by atoms with Crippen LogP contribution < -0.4 is 15.6 Å². The van der Waals surface area contributed by atoms with Crippen LogP contribution in [-0.2, 0) is 11.3 Å². The predicted octanol–water partition coefficient (Wildman–Crippen LogP) is 3.15. The van der Waals surface area contributed by atoms with E-state index in [0.29, 0.717) is 23.3 Å². The van der Waals surface area contributed by atoms with E-state index >= 15 is 0 Å². The Morgan fingerprint density at radius 2 is 2.00 bits per heavy atom. The minimum atomic E-state index is -0.241. The van der Waals surface area contributed by atoms with Crippen molar-refractivity contribution in [1.29, 1.82) is 0 Å². The number of carbonyl (C=O) groups excluding carboxylic acids is 1. The molecular formula is C24H23N3O3. The first-order valence-corrected chi connectivity index (χ1v) is 10.2. The van der Waals surface area contributed by atoms with Crippen LogP contribution in [-0.4, -0.2) is 23.0 Å². The molecule has 2 bridgehead atoms. The van der Waals surface area contributed by atoms with Gasteiger partial charge in [0.25, 0.3) is 5.56 Å². The summed E-state index contributed by atoms with van der Waals surface area (Å²) < 4.78 is 5.26. The van der Waals surface area contributed by atoms with Crippen LogP contribution in [0.25, 0.3) is 10.9 Å². The first-order valence-electron chi connectivity index (χ1n) is 10.2. The zero-order chi connectivity index (χ0) is 20.7. The van der Waals surface area contributed by atoms with Gasteiger partial charge in [-0.25, -0.2) is 4.98 Å². The van der Waals surface area contributed by atoms with Gasteiger partial charge in [-0.15, -0.1) is 0 Å². The zero-order valence-electron chi connectivity index (χ0n) is 16.7. The van der Waals surface area contributed by atoms with Crippen molar-refractivity contribution in [2.24, 2.45) is 17.8 Å². The zero-order valence-corrected chi connectivity index (χ0v) is 16.7. The summed E-state index contributed by atoms with van der Waals surface area (Å²) in [6.07, 6.45) is 5.21. The van der Waals surface area contributed by atoms with Crippen LogP contribution in [0.4, 0.5) is 0 Å². The molecule has 2 aliphatic carbocycles. The lowest BCUT2D eigenvalue weighted by Crippen LogP contribution is -2.37. The summed E-state index contributed by atoms with van der Waals surface area (Å²) in [7, 11) is 1.63. The highest BCUT2D eigenvalue weighted by atomic mass is 16.5. The van der Waals surface area contributed by atoms with Gasteiger partial charge >= 0.3 is 0 Å². The first-order chi connectivity index (χ1) is 14.6. The molecule has 6 nitrogen and oxygen atoms in total. The molecule has 2 aromatic carbocycles. The third-order valence-electron chi connectivity index (χ3n) is 6.31. The standard InChI is InChI=1S/C24H23N3O3/c1-30-17-6-4-5-14(11-17)13-25-24(29)21-16-10-9-15(12-16)20(21)22-26-19-8-3-2-7-18(19)23(28)27-22/h2-11,15-16,20-21H,12-13H2,1H3,(H,25,29)(H,26,27,28). The SMILES string of the molecule is COc1cccc(CNC(=O)C2C3C=CC(C3)C2c2nc3ccccc3c(=O)[nH]2)c1. The first kappa shape index (κ1) is 18.6. The number of aromatic amines is 1. The molecule has 0 spiro atoms. The molecule has 0 radical (unpaired) electrons. The van der Waals surface area contributed by atoms with Gasteiger partial charge in [0.05, 0.1) is 23.9 Å². The lowest BCUT2D eigenvalue weighted by Gasteiger charge is -2.26. The third kappa shape index (κ3) is 3.18. The Morgan fingerprint density at radius 1 is 1.17 bits per heavy atom. The minimum Gasteiger partial charge on any atom is -0.497 e. The van der Waals surface area contributed by atoms with E-state index in [9.17, 15) is 9.59 Å². The van der Waals surface area contributed by atoms with Crippen molar-refractivity contribution in [3.05, 3.63) is 82.4 Å². The molecule has 5 rings (SSSR count). The highest BCUT2D eigenvalue weighted by Gasteiger charge is 2.49. The molecule has 0 saturated heterocycles. The quantitative estimate of drug-likeness (QED) is 0.644. The summed E-state index contributed by atoms with van der Waals surface area (Å²) in [4.78, 5) is 33.5. The lowest BCUT2D eigenvalue weighted by molar-refractivity contribution is -0.126. The molecule has 4 atom stereocenters. The van der Waals surface area contributed by atoms with Gasteiger partial charge in [0, 0.05) is 12.5 Å². The molecule has 3 aromatic rings. The number of aromatic nitrogens is 2. The average molecular weight is 401 g/mol. The van der Waals surface area contributed by atoms with Crippen molar-refractivity contribution in [2.45, 2.75) is 18.9 Å². The number of hydrogen-bond acceptors (Lipinski definition) is 4. The van der Waals surface area contributed by atoms with Crippen molar-refractivity contribution >= 4 is 16.8 Å². The van der Waals surface area contributed by atoms with Gasteiger partial charge in [-0.1, -0.05) is 36.4 Å². The van der Waals surface area contributed by atoms with Crippen LogP contribution in [0.5, 0.6) is 5.75 Å². The Morgan fingerprint density at radius 3 is 2.87 bits per heavy atom. The number of ether oxygens (including phenoxy) is 1. The van der Waals surface area contributed by atoms with Crippen LogP contribution >= 0.6 is 0 Å². The Labute approximate surface area is 174 Å². The summed E-state index contributed by atoms with van der Waals surface area (Å²) in [5.74, 6) is 1.39. The molecule has 1 amide bonds. The minimum absolute atomic E-state index is 0.00419. The summed E-state index contributed by atoms with van der Waals surface area (Å²) in [5.41, 5.74) is 1.49. The number of nitrogens with zero attached hydrogens (tertiary/aromatic N) is 1. The number of hydrogen-bond donors (Lipinski definition) is 2. The molecule has 6 heteroatoms. The van der Waals surface area contributed by atoms with E-state index in [4.69, 9.17) is 9.72 Å². The Kier molecular flexibility index (Phi) is 4.62. The summed E-state index contributed by atoms with van der Waals surface area (Å²) in [5, 5.41) is 3.65. The number of carbonyl (C=O) groups is 1. The second-order valence-corrected chi connectivity index (χ2v) is 8.04. The number of allylic oxidation sites excluding steroid dienone is 2. The molecule has 1 heterocycles. The summed E-state index contributed by atoms with van der Waals surface area (Å²) in [6.45, 7) is 0.433. The van der Waals surface area contributed by atoms with Gasteiger partial charge < -0.3 is 15.0 Å². The molecule has 30 heavy (non-hydrogen) atoms. The highest BCUT2D eigenvalue weighted by Crippen LogP contribution is 2.52. The van der Waals surface area contributed by atoms with E-state index < -0.39 is 0 Å². The van der Waals surface area contributed by atoms with Gasteiger partial charge in [0.1, 0.15) is 11.6 Å². The van der Waals surface area contributed by atoms with Gasteiger partial charge in [-0.3, -0.25) is 9.59 Å². The van der Waals surface area contributed by atoms with Gasteiger partial charge in [0.15, 0.2) is 0 Å². The Hall–Kier alpha value is -3.41. The Bertz CT molecular complexity index is 1200. The molecule has 152 valence electrons. The normalized spacial score (nSPS) is 24.3. The summed E-state index contributed by atoms with van der Waals surface area (Å²) >= 11 is 0. The fourth-order valence-electron chi connectivity index (χ4n) is 4.90. The van der Waals surface area contributed by atoms with Crippen molar-refractivity contribution in [2.75, 3.05) is 7.11 Å². The molecular weight excluding hydrogens is 378 g/mol. The maximum absolute atomic E-state index is 13.2. The van der Waals surface area contributed by atoms with E-state index in [2.05, 4.69) is 22.5 Å². The number of fused-ring (bicyclic) bond motifs is 3. The van der Waals surface area contributed by atoms with E-state index in [0.717, 1.165) is 17.7 Å². The molecule has 1 fully saturated rings. The number of rotatable bonds is 5.